The molecule has 4 nitrogen and oxygen atoms in total. The van der Waals surface area contributed by atoms with Crippen LogP contribution >= 0.6 is 0 Å². The molecule has 70 heavy (non-hydrogen) atoms. The van der Waals surface area contributed by atoms with E-state index in [2.05, 4.69) is 146 Å². The summed E-state index contributed by atoms with van der Waals surface area (Å²) in [6.45, 7) is 20.9. The molecule has 0 saturated heterocycles. The van der Waals surface area contributed by atoms with Crippen LogP contribution in [0.5, 0.6) is 11.5 Å². The summed E-state index contributed by atoms with van der Waals surface area (Å²) < 4.78 is 26.6. The van der Waals surface area contributed by atoms with E-state index in [1.54, 1.807) is 0 Å². The summed E-state index contributed by atoms with van der Waals surface area (Å²) in [5.41, 5.74) is 8.53. The Kier molecular flexibility index (Phi) is 18.7. The minimum atomic E-state index is -0.272. The zero-order valence-corrected chi connectivity index (χ0v) is 45.3. The van der Waals surface area contributed by atoms with Crippen molar-refractivity contribution >= 4 is 0 Å². The summed E-state index contributed by atoms with van der Waals surface area (Å²) in [7, 11) is 0. The van der Waals surface area contributed by atoms with Crippen LogP contribution in [0.1, 0.15) is 218 Å². The molecule has 0 amide bonds. The minimum absolute atomic E-state index is 0.0757. The summed E-state index contributed by atoms with van der Waals surface area (Å²) >= 11 is 0. The van der Waals surface area contributed by atoms with Crippen LogP contribution in [0, 0.1) is 46.8 Å². The molecule has 2 bridgehead atoms. The number of hydrogen-bond acceptors (Lipinski definition) is 4. The van der Waals surface area contributed by atoms with E-state index in [1.807, 2.05) is 13.8 Å². The van der Waals surface area contributed by atoms with Crippen LogP contribution in [-0.4, -0.2) is 25.3 Å². The Morgan fingerprint density at radius 3 is 1.66 bits per heavy atom. The summed E-state index contributed by atoms with van der Waals surface area (Å²) in [6, 6.07) is 35.3. The van der Waals surface area contributed by atoms with Crippen LogP contribution in [0.3, 0.4) is 0 Å². The Balaban J connectivity index is 0.000000183. The van der Waals surface area contributed by atoms with Crippen molar-refractivity contribution in [1.82, 2.24) is 0 Å². The van der Waals surface area contributed by atoms with Gasteiger partial charge in [-0.05, 0) is 148 Å². The number of fused-ring (bicyclic) bond motifs is 8. The molecule has 0 N–H and O–H groups in total. The first-order chi connectivity index (χ1) is 34.0. The van der Waals surface area contributed by atoms with Gasteiger partial charge >= 0.3 is 0 Å². The number of ether oxygens (including phenoxy) is 4. The van der Waals surface area contributed by atoms with Crippen LogP contribution < -0.4 is 9.47 Å². The Morgan fingerprint density at radius 1 is 0.529 bits per heavy atom. The van der Waals surface area contributed by atoms with Crippen LogP contribution in [0.2, 0.25) is 0 Å². The Bertz CT molecular complexity index is 2110. The normalized spacial score (nSPS) is 24.9. The molecule has 0 radical (unpaired) electrons. The van der Waals surface area contributed by atoms with Crippen molar-refractivity contribution in [2.75, 3.05) is 6.61 Å². The first kappa shape index (κ1) is 52.7. The van der Waals surface area contributed by atoms with Gasteiger partial charge < -0.3 is 18.9 Å². The van der Waals surface area contributed by atoms with Crippen LogP contribution in [0.4, 0.5) is 0 Å². The molecule has 0 spiro atoms. The fourth-order valence-electron chi connectivity index (χ4n) is 13.8. The number of hydrogen-bond donors (Lipinski definition) is 0. The third-order valence-electron chi connectivity index (χ3n) is 18.5. The lowest BCUT2D eigenvalue weighted by molar-refractivity contribution is -0.152. The van der Waals surface area contributed by atoms with Crippen LogP contribution in [0.25, 0.3) is 11.1 Å². The highest BCUT2D eigenvalue weighted by atomic mass is 16.7. The Labute approximate surface area is 426 Å². The quantitative estimate of drug-likeness (QED) is 0.0989. The monoisotopic (exact) mass is 951 g/mol. The summed E-state index contributed by atoms with van der Waals surface area (Å²) in [5.74, 6) is 9.15. The first-order valence-electron chi connectivity index (χ1n) is 29.0. The largest absolute Gasteiger partial charge is 0.465 e. The predicted molar refractivity (Wildman–Crippen MR) is 293 cm³/mol. The third kappa shape index (κ3) is 13.1. The molecular formula is C66H94O4. The zero-order valence-electron chi connectivity index (χ0n) is 45.3. The van der Waals surface area contributed by atoms with Crippen LogP contribution in [0.15, 0.2) is 97.1 Å². The van der Waals surface area contributed by atoms with E-state index in [-0.39, 0.29) is 23.9 Å². The molecule has 4 aromatic rings. The Hall–Kier alpha value is -3.60. The molecule has 10 rings (SSSR count). The van der Waals surface area contributed by atoms with Crippen molar-refractivity contribution in [2.24, 2.45) is 46.8 Å². The van der Waals surface area contributed by atoms with Crippen molar-refractivity contribution < 1.29 is 18.9 Å². The maximum Gasteiger partial charge on any atom is 0.200 e. The molecule has 9 unspecified atom stereocenters. The van der Waals surface area contributed by atoms with Crippen molar-refractivity contribution in [3.8, 4) is 22.6 Å². The molecule has 6 aliphatic rings. The van der Waals surface area contributed by atoms with Gasteiger partial charge in [-0.2, -0.15) is 0 Å². The minimum Gasteiger partial charge on any atom is -0.465 e. The predicted octanol–water partition coefficient (Wildman–Crippen LogP) is 18.7. The smallest absolute Gasteiger partial charge is 0.200 e. The molecule has 5 fully saturated rings. The van der Waals surface area contributed by atoms with Gasteiger partial charge in [0.2, 0.25) is 6.29 Å². The third-order valence-corrected chi connectivity index (χ3v) is 18.5. The summed E-state index contributed by atoms with van der Waals surface area (Å²) in [4.78, 5) is 0. The molecule has 0 heterocycles. The zero-order chi connectivity index (χ0) is 49.2. The highest BCUT2D eigenvalue weighted by Crippen LogP contribution is 2.60. The van der Waals surface area contributed by atoms with Crippen LogP contribution in [-0.2, 0) is 9.47 Å². The van der Waals surface area contributed by atoms with Crippen molar-refractivity contribution in [1.29, 1.82) is 0 Å². The SMILES string of the molecule is CC.CC(C)C(C)c1ccc(OC(CC2c3ccccc3-c3ccccc32)OCCC2CCCCC2)cc1.CC(c1ccc(OC(CC2CCCCC2)OC2CC3CC2C2CCCC32)cc1)C(C)(C)C. The fraction of sp³-hybridized carbons (Fsp3) is 0.636. The summed E-state index contributed by atoms with van der Waals surface area (Å²) in [5, 5.41) is 0. The van der Waals surface area contributed by atoms with E-state index in [0.717, 1.165) is 72.9 Å². The number of benzene rings is 4. The second-order valence-corrected chi connectivity index (χ2v) is 24.0. The standard InChI is InChI=1S/C34H42O2.C30H46O2.C2H6/c1-24(2)25(3)27-17-19-28(20-18-27)36-34(35-22-21-26-11-5-4-6-12-26)23-33-31-15-9-7-13-29(31)30-14-8-10-16-32(30)33;1-20(30(2,3)4)22-13-15-24(16-14-22)31-29(17-21-9-6-5-7-10-21)32-28-19-23-18-27(28)26-12-8-11-25(23)26;1-2/h7-10,13-20,24-26,33-34H,4-6,11-12,21-23H2,1-3H3;13-16,20-21,23,25-29H,5-12,17-19H2,1-4H3;1-2H3. The number of rotatable bonds is 17. The van der Waals surface area contributed by atoms with E-state index in [4.69, 9.17) is 18.9 Å². The van der Waals surface area contributed by atoms with E-state index >= 15 is 0 Å². The second-order valence-electron chi connectivity index (χ2n) is 24.0. The molecule has 4 aromatic carbocycles. The first-order valence-corrected chi connectivity index (χ1v) is 29.0. The maximum atomic E-state index is 6.87. The van der Waals surface area contributed by atoms with E-state index in [9.17, 15) is 0 Å². The van der Waals surface area contributed by atoms with Gasteiger partial charge in [0, 0.05) is 18.8 Å². The van der Waals surface area contributed by atoms with E-state index < -0.39 is 0 Å². The van der Waals surface area contributed by atoms with Crippen molar-refractivity contribution in [3.63, 3.8) is 0 Å². The molecule has 5 saturated carbocycles. The Morgan fingerprint density at radius 2 is 1.07 bits per heavy atom. The van der Waals surface area contributed by atoms with Gasteiger partial charge in [0.15, 0.2) is 6.29 Å². The van der Waals surface area contributed by atoms with E-state index in [0.29, 0.717) is 23.9 Å². The van der Waals surface area contributed by atoms with Gasteiger partial charge in [0.25, 0.3) is 0 Å². The lowest BCUT2D eigenvalue weighted by Crippen LogP contribution is -2.36. The van der Waals surface area contributed by atoms with Gasteiger partial charge in [-0.1, -0.05) is 206 Å². The second kappa shape index (κ2) is 24.9. The molecule has 9 atom stereocenters. The summed E-state index contributed by atoms with van der Waals surface area (Å²) in [6.07, 6.45) is 24.0. The topological polar surface area (TPSA) is 36.9 Å². The van der Waals surface area contributed by atoms with Gasteiger partial charge in [0.1, 0.15) is 11.5 Å². The molecular weight excluding hydrogens is 857 g/mol. The highest BCUT2D eigenvalue weighted by Gasteiger charge is 2.55. The average molecular weight is 951 g/mol. The highest BCUT2D eigenvalue weighted by molar-refractivity contribution is 5.78. The van der Waals surface area contributed by atoms with Crippen molar-refractivity contribution in [2.45, 2.75) is 214 Å². The van der Waals surface area contributed by atoms with Gasteiger partial charge in [-0.25, -0.2) is 0 Å². The average Bonchev–Trinajstić information content (AvgIpc) is 4.18. The molecule has 6 aliphatic carbocycles. The molecule has 4 heteroatoms. The van der Waals surface area contributed by atoms with E-state index in [1.165, 1.54) is 130 Å². The lowest BCUT2D eigenvalue weighted by atomic mass is 9.78. The van der Waals surface area contributed by atoms with Gasteiger partial charge in [-0.15, -0.1) is 0 Å². The molecule has 0 aromatic heterocycles. The van der Waals surface area contributed by atoms with Gasteiger partial charge in [0.05, 0.1) is 12.7 Å². The van der Waals surface area contributed by atoms with Gasteiger partial charge in [-0.3, -0.25) is 0 Å². The lowest BCUT2D eigenvalue weighted by Gasteiger charge is -2.35. The molecule has 382 valence electrons. The van der Waals surface area contributed by atoms with Crippen molar-refractivity contribution in [3.05, 3.63) is 119 Å². The maximum absolute atomic E-state index is 6.87. The molecule has 0 aliphatic heterocycles. The fourth-order valence-corrected chi connectivity index (χ4v) is 13.8.